The highest BCUT2D eigenvalue weighted by Gasteiger charge is 2.28. The van der Waals surface area contributed by atoms with Crippen LogP contribution < -0.4 is 5.32 Å². The van der Waals surface area contributed by atoms with Crippen LogP contribution in [0, 0.1) is 6.92 Å². The third-order valence-electron chi connectivity index (χ3n) is 3.32. The van der Waals surface area contributed by atoms with Crippen molar-refractivity contribution in [3.05, 3.63) is 23.2 Å². The van der Waals surface area contributed by atoms with Crippen molar-refractivity contribution < 1.29 is 18.7 Å². The largest absolute Gasteiger partial charge is 0.465 e. The number of rotatable bonds is 4. The number of likely N-dealkylation sites (tertiary alicyclic amines) is 1. The van der Waals surface area contributed by atoms with Crippen molar-refractivity contribution in [1.82, 2.24) is 10.2 Å². The van der Waals surface area contributed by atoms with Crippen molar-refractivity contribution in [1.29, 1.82) is 0 Å². The molecule has 1 atom stereocenters. The van der Waals surface area contributed by atoms with Crippen LogP contribution in [-0.2, 0) is 16.1 Å². The third-order valence-corrected chi connectivity index (χ3v) is 3.32. The molecule has 0 spiro atoms. The van der Waals surface area contributed by atoms with Crippen LogP contribution in [0.1, 0.15) is 28.3 Å². The molecule has 2 heterocycles. The van der Waals surface area contributed by atoms with E-state index in [0.29, 0.717) is 23.6 Å². The van der Waals surface area contributed by atoms with Gasteiger partial charge in [0.2, 0.25) is 5.91 Å². The second-order valence-corrected chi connectivity index (χ2v) is 4.66. The lowest BCUT2D eigenvalue weighted by molar-refractivity contribution is -0.128. The molecule has 104 valence electrons. The van der Waals surface area contributed by atoms with Gasteiger partial charge < -0.3 is 14.1 Å². The molecule has 0 aromatic carbocycles. The number of amides is 1. The fraction of sp³-hybridized carbons (Fsp3) is 0.538. The number of esters is 1. The molecule has 0 aliphatic carbocycles. The lowest BCUT2D eigenvalue weighted by Gasteiger charge is -2.10. The van der Waals surface area contributed by atoms with E-state index in [0.717, 1.165) is 13.0 Å². The van der Waals surface area contributed by atoms with Gasteiger partial charge in [0.25, 0.3) is 0 Å². The molecule has 0 saturated carbocycles. The minimum atomic E-state index is -0.413. The Balaban J connectivity index is 1.97. The predicted octanol–water partition coefficient (Wildman–Crippen LogP) is 0.695. The van der Waals surface area contributed by atoms with E-state index < -0.39 is 5.97 Å². The number of ether oxygens (including phenoxy) is 1. The number of nitrogens with zero attached hydrogens (tertiary/aromatic N) is 1. The first-order valence-corrected chi connectivity index (χ1v) is 6.19. The second-order valence-electron chi connectivity index (χ2n) is 4.66. The van der Waals surface area contributed by atoms with Gasteiger partial charge in [-0.1, -0.05) is 0 Å². The summed E-state index contributed by atoms with van der Waals surface area (Å²) in [5.74, 6) is 0.833. The molecule has 1 N–H and O–H groups in total. The first-order chi connectivity index (χ1) is 9.02. The summed E-state index contributed by atoms with van der Waals surface area (Å²) in [6.07, 6.45) is 0.791. The monoisotopic (exact) mass is 266 g/mol. The Morgan fingerprint density at radius 3 is 2.95 bits per heavy atom. The fourth-order valence-electron chi connectivity index (χ4n) is 2.18. The Morgan fingerprint density at radius 2 is 2.37 bits per heavy atom. The zero-order valence-electron chi connectivity index (χ0n) is 11.4. The van der Waals surface area contributed by atoms with Crippen LogP contribution >= 0.6 is 0 Å². The number of likely N-dealkylation sites (N-methyl/N-ethyl adjacent to an activating group) is 1. The number of carbonyl (C=O) groups excluding carboxylic acids is 2. The molecule has 0 radical (unpaired) electrons. The van der Waals surface area contributed by atoms with Gasteiger partial charge in [0.1, 0.15) is 17.1 Å². The van der Waals surface area contributed by atoms with Gasteiger partial charge in [-0.2, -0.15) is 0 Å². The van der Waals surface area contributed by atoms with Gasteiger partial charge in [-0.3, -0.25) is 10.1 Å². The zero-order valence-corrected chi connectivity index (χ0v) is 11.4. The summed E-state index contributed by atoms with van der Waals surface area (Å²) in [5.41, 5.74) is 0.425. The number of hydrogen-bond acceptors (Lipinski definition) is 5. The molecular formula is C13H18N2O4. The van der Waals surface area contributed by atoms with Crippen molar-refractivity contribution >= 4 is 11.9 Å². The molecule has 1 aromatic heterocycles. The smallest absolute Gasteiger partial charge is 0.341 e. The fourth-order valence-corrected chi connectivity index (χ4v) is 2.18. The van der Waals surface area contributed by atoms with Gasteiger partial charge in [-0.15, -0.1) is 0 Å². The summed E-state index contributed by atoms with van der Waals surface area (Å²) < 4.78 is 10.1. The number of nitrogens with one attached hydrogen (secondary N) is 1. The van der Waals surface area contributed by atoms with E-state index in [9.17, 15) is 9.59 Å². The molecule has 2 rings (SSSR count). The van der Waals surface area contributed by atoms with Crippen molar-refractivity contribution in [3.63, 3.8) is 0 Å². The molecule has 6 heteroatoms. The summed E-state index contributed by atoms with van der Waals surface area (Å²) in [6, 6.07) is 1.48. The minimum absolute atomic E-state index is 0.0940. The summed E-state index contributed by atoms with van der Waals surface area (Å²) in [5, 5.41) is 3.14. The lowest BCUT2D eigenvalue weighted by atomic mass is 10.2. The summed E-state index contributed by atoms with van der Waals surface area (Å²) in [6.45, 7) is 2.90. The molecule has 1 aliphatic heterocycles. The molecule has 1 amide bonds. The van der Waals surface area contributed by atoms with E-state index in [4.69, 9.17) is 4.42 Å². The highest BCUT2D eigenvalue weighted by atomic mass is 16.5. The number of carbonyl (C=O) groups is 2. The topological polar surface area (TPSA) is 71.8 Å². The Labute approximate surface area is 111 Å². The molecule has 1 fully saturated rings. The predicted molar refractivity (Wildman–Crippen MR) is 67.7 cm³/mol. The van der Waals surface area contributed by atoms with Crippen LogP contribution in [0.15, 0.2) is 10.5 Å². The molecule has 19 heavy (non-hydrogen) atoms. The van der Waals surface area contributed by atoms with E-state index in [1.54, 1.807) is 24.9 Å². The van der Waals surface area contributed by atoms with Gasteiger partial charge in [0.05, 0.1) is 19.7 Å². The molecule has 1 unspecified atom stereocenters. The van der Waals surface area contributed by atoms with Crippen LogP contribution in [-0.4, -0.2) is 43.5 Å². The molecule has 1 aromatic rings. The summed E-state index contributed by atoms with van der Waals surface area (Å²) in [7, 11) is 3.12. The number of aryl methyl sites for hydroxylation is 1. The first kappa shape index (κ1) is 13.6. The number of furan rings is 1. The standard InChI is InChI=1S/C13H18N2O4/c1-8-10(13(17)18-3)6-9(19-8)7-14-11-4-5-15(2)12(11)16/h6,11,14H,4-5,7H2,1-3H3. The van der Waals surface area contributed by atoms with Crippen molar-refractivity contribution in [2.45, 2.75) is 25.9 Å². The number of methoxy groups -OCH3 is 1. The highest BCUT2D eigenvalue weighted by molar-refractivity contribution is 5.90. The van der Waals surface area contributed by atoms with E-state index in [-0.39, 0.29) is 11.9 Å². The summed E-state index contributed by atoms with van der Waals surface area (Å²) in [4.78, 5) is 24.9. The molecular weight excluding hydrogens is 248 g/mol. The van der Waals surface area contributed by atoms with Crippen LogP contribution in [0.5, 0.6) is 0 Å². The maximum absolute atomic E-state index is 11.7. The van der Waals surface area contributed by atoms with Gasteiger partial charge in [0.15, 0.2) is 0 Å². The zero-order chi connectivity index (χ0) is 14.0. The van der Waals surface area contributed by atoms with Crippen molar-refractivity contribution in [3.8, 4) is 0 Å². The van der Waals surface area contributed by atoms with Crippen molar-refractivity contribution in [2.24, 2.45) is 0 Å². The van der Waals surface area contributed by atoms with Gasteiger partial charge in [0, 0.05) is 13.6 Å². The van der Waals surface area contributed by atoms with Gasteiger partial charge in [-0.25, -0.2) is 4.79 Å². The maximum atomic E-state index is 11.7. The summed E-state index contributed by atoms with van der Waals surface area (Å²) >= 11 is 0. The Morgan fingerprint density at radius 1 is 1.63 bits per heavy atom. The maximum Gasteiger partial charge on any atom is 0.341 e. The average Bonchev–Trinajstić information content (AvgIpc) is 2.91. The third kappa shape index (κ3) is 2.78. The van der Waals surface area contributed by atoms with Crippen molar-refractivity contribution in [2.75, 3.05) is 20.7 Å². The SMILES string of the molecule is COC(=O)c1cc(CNC2CCN(C)C2=O)oc1C. The molecule has 0 bridgehead atoms. The van der Waals surface area contributed by atoms with Crippen LogP contribution in [0.3, 0.4) is 0 Å². The van der Waals surface area contributed by atoms with E-state index in [2.05, 4.69) is 10.1 Å². The second kappa shape index (κ2) is 5.44. The quantitative estimate of drug-likeness (QED) is 0.812. The minimum Gasteiger partial charge on any atom is -0.465 e. The Bertz CT molecular complexity index is 495. The molecule has 6 nitrogen and oxygen atoms in total. The highest BCUT2D eigenvalue weighted by Crippen LogP contribution is 2.16. The average molecular weight is 266 g/mol. The first-order valence-electron chi connectivity index (χ1n) is 6.19. The van der Waals surface area contributed by atoms with Gasteiger partial charge in [-0.05, 0) is 19.4 Å². The van der Waals surface area contributed by atoms with E-state index >= 15 is 0 Å². The van der Waals surface area contributed by atoms with E-state index in [1.165, 1.54) is 7.11 Å². The molecule has 1 aliphatic rings. The Hall–Kier alpha value is -1.82. The van der Waals surface area contributed by atoms with Gasteiger partial charge >= 0.3 is 5.97 Å². The molecule has 1 saturated heterocycles. The normalized spacial score (nSPS) is 19.0. The lowest BCUT2D eigenvalue weighted by Crippen LogP contribution is -2.36. The van der Waals surface area contributed by atoms with Crippen LogP contribution in [0.25, 0.3) is 0 Å². The van der Waals surface area contributed by atoms with Crippen LogP contribution in [0.4, 0.5) is 0 Å². The van der Waals surface area contributed by atoms with E-state index in [1.807, 2.05) is 0 Å². The Kier molecular flexibility index (Phi) is 3.90. The number of hydrogen-bond donors (Lipinski definition) is 1. The van der Waals surface area contributed by atoms with Crippen LogP contribution in [0.2, 0.25) is 0 Å².